The number of aliphatic hydroxyl groups is 1. The van der Waals surface area contributed by atoms with E-state index in [1.807, 2.05) is 18.2 Å². The van der Waals surface area contributed by atoms with Crippen LogP contribution >= 0.6 is 0 Å². The first-order chi connectivity index (χ1) is 13.9. The van der Waals surface area contributed by atoms with Crippen molar-refractivity contribution in [3.63, 3.8) is 0 Å². The average molecular weight is 489 g/mol. The molecule has 30 heavy (non-hydrogen) atoms. The second-order valence-electron chi connectivity index (χ2n) is 8.98. The molecule has 1 aromatic carbocycles. The molecule has 0 aliphatic rings. The van der Waals surface area contributed by atoms with Gasteiger partial charge in [0.15, 0.2) is 0 Å². The normalized spacial score (nSPS) is 13.4. The molecular formula is C25H46BrNO3. The van der Waals surface area contributed by atoms with E-state index in [-0.39, 0.29) is 23.0 Å². The standard InChI is InChI=1S/C25H46NO3.BrH/c1-7-8-9-10-11-12-13-14-15-16-19-26(3,4)21(2)25(27)23-20-22(28-5)17-18-24(23)29-6;/h17-18,20-21,25,27H,7-16,19H2,1-6H3;1H/q+1;/p-1. The van der Waals surface area contributed by atoms with E-state index in [4.69, 9.17) is 9.47 Å². The molecule has 0 saturated heterocycles. The highest BCUT2D eigenvalue weighted by Gasteiger charge is 2.33. The second-order valence-corrected chi connectivity index (χ2v) is 8.98. The minimum Gasteiger partial charge on any atom is -1.00 e. The Bertz CT molecular complexity index is 565. The fraction of sp³-hybridized carbons (Fsp3) is 0.760. The summed E-state index contributed by atoms with van der Waals surface area (Å²) in [6, 6.07) is 5.69. The second kappa shape index (κ2) is 15.9. The number of ether oxygens (including phenoxy) is 2. The number of aliphatic hydroxyl groups excluding tert-OH is 1. The van der Waals surface area contributed by atoms with Gasteiger partial charge >= 0.3 is 0 Å². The quantitative estimate of drug-likeness (QED) is 0.287. The van der Waals surface area contributed by atoms with Crippen molar-refractivity contribution in [2.24, 2.45) is 0 Å². The van der Waals surface area contributed by atoms with Gasteiger partial charge in [0.25, 0.3) is 0 Å². The van der Waals surface area contributed by atoms with Gasteiger partial charge in [-0.05, 0) is 38.0 Å². The number of rotatable bonds is 16. The van der Waals surface area contributed by atoms with Crippen LogP contribution in [0.5, 0.6) is 11.5 Å². The molecule has 0 amide bonds. The first-order valence-electron chi connectivity index (χ1n) is 11.6. The maximum absolute atomic E-state index is 11.1. The minimum absolute atomic E-state index is 0. The third-order valence-corrected chi connectivity index (χ3v) is 6.40. The summed E-state index contributed by atoms with van der Waals surface area (Å²) in [4.78, 5) is 0. The average Bonchev–Trinajstić information content (AvgIpc) is 2.73. The molecule has 0 aliphatic carbocycles. The predicted molar refractivity (Wildman–Crippen MR) is 123 cm³/mol. The number of halogens is 1. The first kappa shape index (κ1) is 29.2. The molecule has 176 valence electrons. The van der Waals surface area contributed by atoms with Gasteiger partial charge in [-0.3, -0.25) is 0 Å². The van der Waals surface area contributed by atoms with Crippen molar-refractivity contribution in [3.8, 4) is 11.5 Å². The Morgan fingerprint density at radius 1 is 0.867 bits per heavy atom. The summed E-state index contributed by atoms with van der Waals surface area (Å²) in [6.07, 6.45) is 12.9. The summed E-state index contributed by atoms with van der Waals surface area (Å²) in [7, 11) is 7.72. The third kappa shape index (κ3) is 10.0. The number of hydrogen-bond donors (Lipinski definition) is 1. The van der Waals surface area contributed by atoms with Gasteiger partial charge in [-0.2, -0.15) is 0 Å². The van der Waals surface area contributed by atoms with Crippen molar-refractivity contribution in [1.82, 2.24) is 0 Å². The highest BCUT2D eigenvalue weighted by Crippen LogP contribution is 2.33. The molecule has 0 radical (unpaired) electrons. The largest absolute Gasteiger partial charge is 1.00 e. The SMILES string of the molecule is CCCCCCCCCCCC[N+](C)(C)C(C)C(O)c1cc(OC)ccc1OC.[Br-]. The first-order valence-corrected chi connectivity index (χ1v) is 11.6. The van der Waals surface area contributed by atoms with Gasteiger partial charge in [0.2, 0.25) is 0 Å². The van der Waals surface area contributed by atoms with Crippen molar-refractivity contribution in [3.05, 3.63) is 23.8 Å². The molecule has 0 bridgehead atoms. The summed E-state index contributed by atoms with van der Waals surface area (Å²) in [5, 5.41) is 11.1. The van der Waals surface area contributed by atoms with Crippen LogP contribution in [0.3, 0.4) is 0 Å². The van der Waals surface area contributed by atoms with E-state index < -0.39 is 6.10 Å². The van der Waals surface area contributed by atoms with Crippen LogP contribution in [0.25, 0.3) is 0 Å². The van der Waals surface area contributed by atoms with Gasteiger partial charge in [-0.25, -0.2) is 0 Å². The minimum atomic E-state index is -0.599. The molecule has 1 N–H and O–H groups in total. The highest BCUT2D eigenvalue weighted by atomic mass is 79.9. The molecule has 0 fully saturated rings. The zero-order chi connectivity index (χ0) is 21.7. The van der Waals surface area contributed by atoms with Gasteiger partial charge in [0.05, 0.1) is 34.9 Å². The zero-order valence-electron chi connectivity index (χ0n) is 20.3. The van der Waals surface area contributed by atoms with Gasteiger partial charge < -0.3 is 36.0 Å². The summed E-state index contributed by atoms with van der Waals surface area (Å²) in [5.41, 5.74) is 0.800. The monoisotopic (exact) mass is 487 g/mol. The molecule has 2 atom stereocenters. The van der Waals surface area contributed by atoms with Gasteiger partial charge in [0.1, 0.15) is 23.6 Å². The van der Waals surface area contributed by atoms with E-state index in [1.54, 1.807) is 14.2 Å². The Kier molecular flexibility index (Phi) is 15.5. The van der Waals surface area contributed by atoms with Crippen LogP contribution in [0.15, 0.2) is 18.2 Å². The maximum Gasteiger partial charge on any atom is 0.134 e. The van der Waals surface area contributed by atoms with Crippen LogP contribution < -0.4 is 26.5 Å². The maximum atomic E-state index is 11.1. The number of unbranched alkanes of at least 4 members (excludes halogenated alkanes) is 9. The third-order valence-electron chi connectivity index (χ3n) is 6.40. The fourth-order valence-corrected chi connectivity index (χ4v) is 3.92. The lowest BCUT2D eigenvalue weighted by molar-refractivity contribution is -0.917. The van der Waals surface area contributed by atoms with Crippen LogP contribution in [0.2, 0.25) is 0 Å². The summed E-state index contributed by atoms with van der Waals surface area (Å²) >= 11 is 0. The topological polar surface area (TPSA) is 38.7 Å². The molecule has 1 aromatic rings. The van der Waals surface area contributed by atoms with E-state index >= 15 is 0 Å². The molecule has 1 rings (SSSR count). The molecule has 0 aromatic heterocycles. The lowest BCUT2D eigenvalue weighted by Gasteiger charge is -2.39. The Morgan fingerprint density at radius 3 is 1.90 bits per heavy atom. The fourth-order valence-electron chi connectivity index (χ4n) is 3.92. The zero-order valence-corrected chi connectivity index (χ0v) is 21.8. The Hall–Kier alpha value is -0.780. The Labute approximate surface area is 196 Å². The molecule has 5 heteroatoms. The molecule has 0 aliphatic heterocycles. The van der Waals surface area contributed by atoms with Gasteiger partial charge in [-0.1, -0.05) is 58.3 Å². The summed E-state index contributed by atoms with van der Waals surface area (Å²) in [6.45, 7) is 5.47. The van der Waals surface area contributed by atoms with Crippen LogP contribution in [0, 0.1) is 0 Å². The summed E-state index contributed by atoms with van der Waals surface area (Å²) in [5.74, 6) is 1.45. The number of methoxy groups -OCH3 is 2. The molecule has 2 unspecified atom stereocenters. The van der Waals surface area contributed by atoms with Crippen molar-refractivity contribution in [2.75, 3.05) is 34.9 Å². The molecule has 4 nitrogen and oxygen atoms in total. The Morgan fingerprint density at radius 2 is 1.40 bits per heavy atom. The lowest BCUT2D eigenvalue weighted by Crippen LogP contribution is -3.00. The van der Waals surface area contributed by atoms with E-state index in [0.717, 1.165) is 22.3 Å². The van der Waals surface area contributed by atoms with Crippen molar-refractivity contribution in [2.45, 2.75) is 90.2 Å². The highest BCUT2D eigenvalue weighted by molar-refractivity contribution is 5.42. The number of benzene rings is 1. The van der Waals surface area contributed by atoms with Crippen molar-refractivity contribution >= 4 is 0 Å². The van der Waals surface area contributed by atoms with E-state index in [2.05, 4.69) is 27.9 Å². The number of hydrogen-bond acceptors (Lipinski definition) is 3. The summed E-state index contributed by atoms with van der Waals surface area (Å²) < 4.78 is 11.6. The van der Waals surface area contributed by atoms with Crippen LogP contribution in [-0.2, 0) is 0 Å². The molecular weight excluding hydrogens is 442 g/mol. The van der Waals surface area contributed by atoms with E-state index in [9.17, 15) is 5.11 Å². The van der Waals surface area contributed by atoms with Crippen molar-refractivity contribution in [1.29, 1.82) is 0 Å². The number of quaternary nitrogens is 1. The van der Waals surface area contributed by atoms with E-state index in [0.29, 0.717) is 5.75 Å². The predicted octanol–water partition coefficient (Wildman–Crippen LogP) is 3.13. The van der Waals surface area contributed by atoms with E-state index in [1.165, 1.54) is 64.2 Å². The lowest BCUT2D eigenvalue weighted by atomic mass is 9.99. The van der Waals surface area contributed by atoms with Gasteiger partial charge in [0, 0.05) is 5.56 Å². The number of likely N-dealkylation sites (N-methyl/N-ethyl adjacent to an activating group) is 1. The Balaban J connectivity index is 0.00000841. The molecule has 0 spiro atoms. The number of nitrogens with zero attached hydrogens (tertiary/aromatic N) is 1. The van der Waals surface area contributed by atoms with Crippen LogP contribution in [0.1, 0.15) is 89.7 Å². The van der Waals surface area contributed by atoms with Crippen LogP contribution in [0.4, 0.5) is 0 Å². The van der Waals surface area contributed by atoms with Crippen molar-refractivity contribution < 1.29 is 36.0 Å². The van der Waals surface area contributed by atoms with Gasteiger partial charge in [-0.15, -0.1) is 0 Å². The van der Waals surface area contributed by atoms with Crippen LogP contribution in [-0.4, -0.2) is 50.5 Å². The molecule has 0 heterocycles. The molecule has 0 saturated carbocycles. The smallest absolute Gasteiger partial charge is 0.134 e.